The highest BCUT2D eigenvalue weighted by Crippen LogP contribution is 2.30. The zero-order valence-electron chi connectivity index (χ0n) is 12.8. The maximum atomic E-state index is 12.5. The summed E-state index contributed by atoms with van der Waals surface area (Å²) in [4.78, 5) is 14.5. The smallest absolute Gasteiger partial charge is 0.261 e. The molecule has 1 aromatic heterocycles. The summed E-state index contributed by atoms with van der Waals surface area (Å²) in [5.74, 6) is 0.767. The molecule has 1 aromatic carbocycles. The van der Waals surface area contributed by atoms with Gasteiger partial charge in [0.1, 0.15) is 5.75 Å². The number of carbonyl (C=O) groups is 1. The molecule has 3 rings (SSSR count). The molecule has 0 N–H and O–H groups in total. The number of likely N-dealkylation sites (tertiary alicyclic amines) is 1. The minimum absolute atomic E-state index is 0.0393. The molecule has 0 unspecified atom stereocenters. The predicted octanol–water partition coefficient (Wildman–Crippen LogP) is 2.55. The second-order valence-electron chi connectivity index (χ2n) is 5.65. The minimum Gasteiger partial charge on any atom is -0.484 e. The Balaban J connectivity index is 1.66. The summed E-state index contributed by atoms with van der Waals surface area (Å²) in [6.07, 6.45) is 7.03. The largest absolute Gasteiger partial charge is 0.484 e. The van der Waals surface area contributed by atoms with Crippen molar-refractivity contribution in [2.24, 2.45) is 7.05 Å². The van der Waals surface area contributed by atoms with Crippen molar-refractivity contribution >= 4 is 5.91 Å². The number of benzene rings is 1. The fourth-order valence-corrected chi connectivity index (χ4v) is 2.93. The van der Waals surface area contributed by atoms with Crippen molar-refractivity contribution in [3.8, 4) is 5.75 Å². The Morgan fingerprint density at radius 2 is 2.14 bits per heavy atom. The molecule has 1 amide bonds. The lowest BCUT2D eigenvalue weighted by molar-refractivity contribution is -0.137. The van der Waals surface area contributed by atoms with Crippen LogP contribution in [0.4, 0.5) is 0 Å². The zero-order valence-corrected chi connectivity index (χ0v) is 12.8. The first-order valence-corrected chi connectivity index (χ1v) is 7.70. The summed E-state index contributed by atoms with van der Waals surface area (Å²) < 4.78 is 7.38. The number of ether oxygens (including phenoxy) is 1. The van der Waals surface area contributed by atoms with Crippen molar-refractivity contribution in [3.63, 3.8) is 0 Å². The lowest BCUT2D eigenvalue weighted by Crippen LogP contribution is -2.41. The summed E-state index contributed by atoms with van der Waals surface area (Å²) in [7, 11) is 1.90. The molecular weight excluding hydrogens is 278 g/mol. The van der Waals surface area contributed by atoms with Crippen LogP contribution in [-0.2, 0) is 11.8 Å². The lowest BCUT2D eigenvalue weighted by atomic mass is 9.97. The van der Waals surface area contributed by atoms with E-state index >= 15 is 0 Å². The zero-order chi connectivity index (χ0) is 15.4. The van der Waals surface area contributed by atoms with E-state index in [2.05, 4.69) is 5.10 Å². The van der Waals surface area contributed by atoms with Gasteiger partial charge in [0.2, 0.25) is 0 Å². The van der Waals surface area contributed by atoms with Crippen LogP contribution in [0, 0.1) is 0 Å². The Hall–Kier alpha value is -2.30. The lowest BCUT2D eigenvalue weighted by Gasteiger charge is -2.35. The molecule has 5 heteroatoms. The van der Waals surface area contributed by atoms with Gasteiger partial charge in [-0.15, -0.1) is 0 Å². The van der Waals surface area contributed by atoms with Crippen LogP contribution in [0.15, 0.2) is 42.7 Å². The standard InChI is InChI=1S/C17H21N3O2/c1-19-12-14(11-18-19)16-9-5-6-10-20(16)17(21)13-22-15-7-3-2-4-8-15/h2-4,7-8,11-12,16H,5-6,9-10,13H2,1H3/t16-/m1/s1. The fraction of sp³-hybridized carbons (Fsp3) is 0.412. The number of rotatable bonds is 4. The van der Waals surface area contributed by atoms with Crippen molar-refractivity contribution in [1.82, 2.24) is 14.7 Å². The van der Waals surface area contributed by atoms with Gasteiger partial charge in [-0.2, -0.15) is 5.10 Å². The van der Waals surface area contributed by atoms with Crippen LogP contribution in [0.2, 0.25) is 0 Å². The predicted molar refractivity (Wildman–Crippen MR) is 83.5 cm³/mol. The van der Waals surface area contributed by atoms with Crippen LogP contribution >= 0.6 is 0 Å². The monoisotopic (exact) mass is 299 g/mol. The summed E-state index contributed by atoms with van der Waals surface area (Å²) in [5.41, 5.74) is 1.11. The van der Waals surface area contributed by atoms with Gasteiger partial charge in [0, 0.05) is 25.4 Å². The van der Waals surface area contributed by atoms with Crippen molar-refractivity contribution < 1.29 is 9.53 Å². The van der Waals surface area contributed by atoms with Gasteiger partial charge in [-0.3, -0.25) is 9.48 Å². The van der Waals surface area contributed by atoms with Gasteiger partial charge in [-0.05, 0) is 31.4 Å². The van der Waals surface area contributed by atoms with Crippen LogP contribution in [0.1, 0.15) is 30.9 Å². The van der Waals surface area contributed by atoms with Crippen molar-refractivity contribution in [3.05, 3.63) is 48.3 Å². The summed E-state index contributed by atoms with van der Waals surface area (Å²) in [6.45, 7) is 0.872. The molecular formula is C17H21N3O2. The molecule has 2 aromatic rings. The average Bonchev–Trinajstić information content (AvgIpc) is 3.00. The number of hydrogen-bond donors (Lipinski definition) is 0. The first-order valence-electron chi connectivity index (χ1n) is 7.70. The van der Waals surface area contributed by atoms with Crippen LogP contribution in [0.5, 0.6) is 5.75 Å². The second kappa shape index (κ2) is 6.64. The molecule has 116 valence electrons. The molecule has 1 fully saturated rings. The van der Waals surface area contributed by atoms with Crippen LogP contribution in [0.25, 0.3) is 0 Å². The van der Waals surface area contributed by atoms with Gasteiger partial charge < -0.3 is 9.64 Å². The van der Waals surface area contributed by atoms with E-state index in [9.17, 15) is 4.79 Å². The third-order valence-corrected chi connectivity index (χ3v) is 4.04. The quantitative estimate of drug-likeness (QED) is 0.871. The highest BCUT2D eigenvalue weighted by atomic mass is 16.5. The molecule has 1 atom stereocenters. The van der Waals surface area contributed by atoms with Gasteiger partial charge in [-0.25, -0.2) is 0 Å². The number of piperidine rings is 1. The summed E-state index contributed by atoms with van der Waals surface area (Å²) >= 11 is 0. The van der Waals surface area contributed by atoms with Gasteiger partial charge in [0.05, 0.1) is 12.2 Å². The first-order chi connectivity index (χ1) is 10.7. The Kier molecular flexibility index (Phi) is 4.42. The molecule has 0 aliphatic carbocycles. The SMILES string of the molecule is Cn1cc([C@H]2CCCCN2C(=O)COc2ccccc2)cn1. The molecule has 1 aliphatic rings. The maximum Gasteiger partial charge on any atom is 0.261 e. The minimum atomic E-state index is 0.0393. The Morgan fingerprint density at radius 1 is 1.32 bits per heavy atom. The van der Waals surface area contributed by atoms with Gasteiger partial charge in [-0.1, -0.05) is 18.2 Å². The van der Waals surface area contributed by atoms with E-state index in [4.69, 9.17) is 4.74 Å². The van der Waals surface area contributed by atoms with Crippen molar-refractivity contribution in [1.29, 1.82) is 0 Å². The van der Waals surface area contributed by atoms with Gasteiger partial charge in [0.25, 0.3) is 5.91 Å². The number of aryl methyl sites for hydroxylation is 1. The van der Waals surface area contributed by atoms with E-state index in [1.54, 1.807) is 4.68 Å². The van der Waals surface area contributed by atoms with Crippen LogP contribution in [-0.4, -0.2) is 33.7 Å². The van der Waals surface area contributed by atoms with E-state index in [1.807, 2.05) is 54.7 Å². The summed E-state index contributed by atoms with van der Waals surface area (Å²) in [6, 6.07) is 9.58. The first kappa shape index (κ1) is 14.6. The summed E-state index contributed by atoms with van der Waals surface area (Å²) in [5, 5.41) is 4.23. The van der Waals surface area contributed by atoms with E-state index in [-0.39, 0.29) is 18.6 Å². The molecule has 22 heavy (non-hydrogen) atoms. The van der Waals surface area contributed by atoms with E-state index in [0.717, 1.165) is 37.1 Å². The van der Waals surface area contributed by atoms with Gasteiger partial charge >= 0.3 is 0 Å². The van der Waals surface area contributed by atoms with Crippen molar-refractivity contribution in [2.75, 3.05) is 13.2 Å². The highest BCUT2D eigenvalue weighted by molar-refractivity contribution is 5.78. The van der Waals surface area contributed by atoms with Crippen LogP contribution < -0.4 is 4.74 Å². The Labute approximate surface area is 130 Å². The number of aromatic nitrogens is 2. The number of carbonyl (C=O) groups excluding carboxylic acids is 1. The maximum absolute atomic E-state index is 12.5. The molecule has 1 aliphatic heterocycles. The second-order valence-corrected chi connectivity index (χ2v) is 5.65. The third kappa shape index (κ3) is 3.30. The van der Waals surface area contributed by atoms with Gasteiger partial charge in [0.15, 0.2) is 6.61 Å². The van der Waals surface area contributed by atoms with E-state index < -0.39 is 0 Å². The fourth-order valence-electron chi connectivity index (χ4n) is 2.93. The molecule has 0 radical (unpaired) electrons. The Bertz CT molecular complexity index is 624. The molecule has 0 bridgehead atoms. The van der Waals surface area contributed by atoms with Crippen LogP contribution in [0.3, 0.4) is 0 Å². The normalized spacial score (nSPS) is 18.2. The Morgan fingerprint density at radius 3 is 2.86 bits per heavy atom. The third-order valence-electron chi connectivity index (χ3n) is 4.04. The molecule has 2 heterocycles. The molecule has 0 saturated carbocycles. The number of hydrogen-bond acceptors (Lipinski definition) is 3. The molecule has 5 nitrogen and oxygen atoms in total. The number of nitrogens with zero attached hydrogens (tertiary/aromatic N) is 3. The highest BCUT2D eigenvalue weighted by Gasteiger charge is 2.28. The number of amides is 1. The van der Waals surface area contributed by atoms with E-state index in [0.29, 0.717) is 0 Å². The van der Waals surface area contributed by atoms with E-state index in [1.165, 1.54) is 0 Å². The number of para-hydroxylation sites is 1. The molecule has 1 saturated heterocycles. The average molecular weight is 299 g/mol. The van der Waals surface area contributed by atoms with Crippen molar-refractivity contribution in [2.45, 2.75) is 25.3 Å². The topological polar surface area (TPSA) is 47.4 Å². The molecule has 0 spiro atoms.